The highest BCUT2D eigenvalue weighted by Gasteiger charge is 2.26. The van der Waals surface area contributed by atoms with Gasteiger partial charge in [-0.05, 0) is 0 Å². The molecule has 7 nitrogen and oxygen atoms in total. The van der Waals surface area contributed by atoms with Gasteiger partial charge in [-0.2, -0.15) is 0 Å². The first-order valence-corrected chi connectivity index (χ1v) is 6.17. The first kappa shape index (κ1) is 14.6. The number of oxime groups is 2. The Hall–Kier alpha value is -2.80. The van der Waals surface area contributed by atoms with Gasteiger partial charge in [0.25, 0.3) is 0 Å². The summed E-state index contributed by atoms with van der Waals surface area (Å²) in [5, 5.41) is 23.0. The van der Waals surface area contributed by atoms with Gasteiger partial charge in [-0.25, -0.2) is 0 Å². The first-order chi connectivity index (χ1) is 10.3. The third-order valence-electron chi connectivity index (χ3n) is 2.89. The van der Waals surface area contributed by atoms with Gasteiger partial charge < -0.3 is 10.4 Å². The molecule has 2 aromatic heterocycles. The Morgan fingerprint density at radius 2 is 1.29 bits per heavy atom. The summed E-state index contributed by atoms with van der Waals surface area (Å²) in [5.41, 5.74) is 1.56. The lowest BCUT2D eigenvalue weighted by Crippen LogP contribution is -2.57. The van der Waals surface area contributed by atoms with Crippen molar-refractivity contribution >= 4 is 12.4 Å². The van der Waals surface area contributed by atoms with Crippen LogP contribution in [0.4, 0.5) is 0 Å². The van der Waals surface area contributed by atoms with Crippen molar-refractivity contribution in [3.63, 3.8) is 0 Å². The van der Waals surface area contributed by atoms with Crippen LogP contribution in [0.5, 0.6) is 0 Å². The fourth-order valence-electron chi connectivity index (χ4n) is 1.90. The molecule has 0 saturated heterocycles. The average molecular weight is 288 g/mol. The molecule has 108 valence electrons. The molecule has 2 heterocycles. The Kier molecular flexibility index (Phi) is 4.94. The van der Waals surface area contributed by atoms with E-state index in [2.05, 4.69) is 10.3 Å². The normalized spacial score (nSPS) is 11.7. The lowest BCUT2D eigenvalue weighted by Gasteiger charge is -2.05. The van der Waals surface area contributed by atoms with Gasteiger partial charge >= 0.3 is 6.35 Å². The maximum absolute atomic E-state index is 8.50. The molecule has 7 heteroatoms. The van der Waals surface area contributed by atoms with Gasteiger partial charge in [-0.1, -0.05) is 10.3 Å². The second-order valence-corrected chi connectivity index (χ2v) is 4.21. The van der Waals surface area contributed by atoms with E-state index in [0.717, 1.165) is 11.1 Å². The van der Waals surface area contributed by atoms with Crippen molar-refractivity contribution in [2.24, 2.45) is 10.3 Å². The molecular weight excluding hydrogens is 272 g/mol. The summed E-state index contributed by atoms with van der Waals surface area (Å²) in [4.78, 5) is 0. The van der Waals surface area contributed by atoms with Crippen LogP contribution in [0.15, 0.2) is 59.4 Å². The molecule has 2 aromatic rings. The van der Waals surface area contributed by atoms with Crippen LogP contribution >= 0.6 is 0 Å². The van der Waals surface area contributed by atoms with Gasteiger partial charge in [0.1, 0.15) is 0 Å². The maximum Gasteiger partial charge on any atom is 0.474 e. The van der Waals surface area contributed by atoms with Crippen molar-refractivity contribution in [1.29, 1.82) is 0 Å². The molecule has 0 radical (unpaired) electrons. The number of hydrogen-bond donors (Lipinski definition) is 2. The molecule has 2 N–H and O–H groups in total. The summed E-state index contributed by atoms with van der Waals surface area (Å²) in [6.45, 7) is 0. The fourth-order valence-corrected chi connectivity index (χ4v) is 1.90. The molecule has 0 fully saturated rings. The van der Waals surface area contributed by atoms with Crippen LogP contribution in [0.3, 0.4) is 0 Å². The molecule has 0 unspecified atom stereocenters. The highest BCUT2D eigenvalue weighted by Crippen LogP contribution is 1.98. The number of hydrogen-bond acceptors (Lipinski definition) is 5. The number of methoxy groups -OCH3 is 1. The van der Waals surface area contributed by atoms with Crippen LogP contribution in [-0.2, 0) is 4.74 Å². The molecule has 0 bridgehead atoms. The van der Waals surface area contributed by atoms with Crippen molar-refractivity contribution < 1.29 is 24.3 Å². The lowest BCUT2D eigenvalue weighted by molar-refractivity contribution is -0.983. The first-order valence-electron chi connectivity index (χ1n) is 6.17. The van der Waals surface area contributed by atoms with Gasteiger partial charge in [0.15, 0.2) is 24.8 Å². The van der Waals surface area contributed by atoms with Crippen molar-refractivity contribution in [3.8, 4) is 0 Å². The topological polar surface area (TPSA) is 82.2 Å². The second-order valence-electron chi connectivity index (χ2n) is 4.21. The van der Waals surface area contributed by atoms with Gasteiger partial charge in [-0.3, -0.25) is 4.74 Å². The van der Waals surface area contributed by atoms with Crippen molar-refractivity contribution in [2.75, 3.05) is 7.11 Å². The van der Waals surface area contributed by atoms with Crippen molar-refractivity contribution in [1.82, 2.24) is 0 Å². The third-order valence-corrected chi connectivity index (χ3v) is 2.89. The van der Waals surface area contributed by atoms with Crippen LogP contribution in [0, 0.1) is 0 Å². The van der Waals surface area contributed by atoms with Crippen LogP contribution in [-0.4, -0.2) is 30.0 Å². The quantitative estimate of drug-likeness (QED) is 0.364. The Bertz CT molecular complexity index is 568. The zero-order valence-corrected chi connectivity index (χ0v) is 11.4. The van der Waals surface area contributed by atoms with Crippen LogP contribution in [0.2, 0.25) is 0 Å². The van der Waals surface area contributed by atoms with Gasteiger partial charge in [0.2, 0.25) is 0 Å². The number of nitrogens with zero attached hydrogens (tertiary/aromatic N) is 4. The number of ether oxygens (including phenoxy) is 1. The molecular formula is C14H16N4O3+2. The summed E-state index contributed by atoms with van der Waals surface area (Å²) in [6, 6.07) is 7.22. The Labute approximate surface area is 121 Å². The number of rotatable bonds is 5. The molecule has 0 atom stereocenters. The maximum atomic E-state index is 8.50. The monoisotopic (exact) mass is 288 g/mol. The third kappa shape index (κ3) is 3.61. The summed E-state index contributed by atoms with van der Waals surface area (Å²) in [6.07, 6.45) is 9.63. The van der Waals surface area contributed by atoms with Crippen LogP contribution in [0.25, 0.3) is 0 Å². The molecule has 0 spiro atoms. The van der Waals surface area contributed by atoms with Crippen molar-refractivity contribution in [3.05, 3.63) is 60.2 Å². The van der Waals surface area contributed by atoms with E-state index in [1.807, 2.05) is 33.9 Å². The molecule has 21 heavy (non-hydrogen) atoms. The zero-order valence-electron chi connectivity index (χ0n) is 11.4. The van der Waals surface area contributed by atoms with Gasteiger partial charge in [-0.15, -0.1) is 9.13 Å². The highest BCUT2D eigenvalue weighted by molar-refractivity contribution is 5.78. The average Bonchev–Trinajstić information content (AvgIpc) is 2.52. The van der Waals surface area contributed by atoms with Gasteiger partial charge in [0, 0.05) is 42.5 Å². The SMILES string of the molecule is COC([n+]1ccc(/C=N/O)cc1)[n+]1ccc(/C=N/O)cc1. The number of pyridine rings is 2. The van der Waals surface area contributed by atoms with E-state index < -0.39 is 0 Å². The van der Waals surface area contributed by atoms with E-state index in [4.69, 9.17) is 15.2 Å². The van der Waals surface area contributed by atoms with E-state index in [9.17, 15) is 0 Å². The zero-order chi connectivity index (χ0) is 15.1. The van der Waals surface area contributed by atoms with Crippen LogP contribution in [0.1, 0.15) is 17.5 Å². The largest absolute Gasteiger partial charge is 0.474 e. The smallest absolute Gasteiger partial charge is 0.411 e. The standard InChI is InChI=1S/C14H14N4O3/c1-21-14(17-6-2-12(3-7-17)10-15-19)18-8-4-13(5-9-18)11-16-20/h2-11,14H,1H3/p+2. The predicted molar refractivity (Wildman–Crippen MR) is 73.5 cm³/mol. The summed E-state index contributed by atoms with van der Waals surface area (Å²) in [5.74, 6) is 0. The molecule has 0 aliphatic heterocycles. The molecule has 0 aliphatic carbocycles. The number of aromatic nitrogens is 2. The second kappa shape index (κ2) is 7.11. The molecule has 0 aromatic carbocycles. The Balaban J connectivity index is 2.25. The minimum atomic E-state index is -0.356. The van der Waals surface area contributed by atoms with E-state index in [-0.39, 0.29) is 6.35 Å². The van der Waals surface area contributed by atoms with E-state index in [1.165, 1.54) is 12.4 Å². The van der Waals surface area contributed by atoms with Crippen molar-refractivity contribution in [2.45, 2.75) is 6.35 Å². The molecule has 2 rings (SSSR count). The minimum absolute atomic E-state index is 0.356. The predicted octanol–water partition coefficient (Wildman–Crippen LogP) is 0.529. The Morgan fingerprint density at radius 1 is 0.905 bits per heavy atom. The molecule has 0 amide bonds. The Morgan fingerprint density at radius 3 is 1.57 bits per heavy atom. The van der Waals surface area contributed by atoms with E-state index in [0.29, 0.717) is 0 Å². The summed E-state index contributed by atoms with van der Waals surface area (Å²) >= 11 is 0. The fraction of sp³-hybridized carbons (Fsp3) is 0.143. The van der Waals surface area contributed by atoms with E-state index >= 15 is 0 Å². The highest BCUT2D eigenvalue weighted by atomic mass is 16.5. The minimum Gasteiger partial charge on any atom is -0.411 e. The van der Waals surface area contributed by atoms with E-state index in [1.54, 1.807) is 31.4 Å². The van der Waals surface area contributed by atoms with Crippen LogP contribution < -0.4 is 9.13 Å². The summed E-state index contributed by atoms with van der Waals surface area (Å²) < 4.78 is 9.19. The summed E-state index contributed by atoms with van der Waals surface area (Å²) in [7, 11) is 1.61. The lowest BCUT2D eigenvalue weighted by atomic mass is 10.3. The molecule has 0 aliphatic rings. The van der Waals surface area contributed by atoms with Gasteiger partial charge in [0.05, 0.1) is 12.4 Å². The molecule has 0 saturated carbocycles.